The van der Waals surface area contributed by atoms with Crippen molar-refractivity contribution >= 4 is 28.9 Å². The van der Waals surface area contributed by atoms with E-state index in [1.54, 1.807) is 22.9 Å². The van der Waals surface area contributed by atoms with Crippen LogP contribution in [0.1, 0.15) is 39.0 Å². The Morgan fingerprint density at radius 2 is 1.96 bits per heavy atom. The van der Waals surface area contributed by atoms with E-state index in [-0.39, 0.29) is 12.4 Å². The highest BCUT2D eigenvalue weighted by molar-refractivity contribution is 5.96. The summed E-state index contributed by atoms with van der Waals surface area (Å²) < 4.78 is 7.15. The molecule has 0 aliphatic rings. The van der Waals surface area contributed by atoms with Gasteiger partial charge < -0.3 is 15.2 Å². The zero-order chi connectivity index (χ0) is 20.7. The molecule has 0 saturated heterocycles. The van der Waals surface area contributed by atoms with Gasteiger partial charge in [-0.15, -0.1) is 0 Å². The number of nitrogens with zero attached hydrogens (tertiary/aromatic N) is 1. The van der Waals surface area contributed by atoms with E-state index in [9.17, 15) is 14.7 Å². The fourth-order valence-electron chi connectivity index (χ4n) is 2.89. The average molecular weight is 384 g/mol. The van der Waals surface area contributed by atoms with Gasteiger partial charge in [0.05, 0.1) is 17.8 Å². The maximum atomic E-state index is 12.9. The van der Waals surface area contributed by atoms with E-state index >= 15 is 0 Å². The number of aliphatic hydroxyl groups excluding tert-OH is 1. The van der Waals surface area contributed by atoms with E-state index in [1.807, 2.05) is 45.0 Å². The number of aromatic nitrogens is 1. The highest BCUT2D eigenvalue weighted by atomic mass is 16.6. The molecule has 1 heterocycles. The SMILES string of the molecule is CC(=O)/C=C\NCCc1c(/C=C/CO)n(C(=O)OC(C)(C)C)c2ccccc12. The van der Waals surface area contributed by atoms with Crippen LogP contribution in [0.25, 0.3) is 17.0 Å². The van der Waals surface area contributed by atoms with Crippen LogP contribution in [0.15, 0.2) is 42.6 Å². The van der Waals surface area contributed by atoms with Gasteiger partial charge >= 0.3 is 6.09 Å². The molecule has 150 valence electrons. The molecule has 2 aromatic rings. The second-order valence-corrected chi connectivity index (χ2v) is 7.43. The number of rotatable bonds is 7. The van der Waals surface area contributed by atoms with Crippen molar-refractivity contribution in [2.75, 3.05) is 13.2 Å². The Labute approximate surface area is 165 Å². The number of hydrogen-bond acceptors (Lipinski definition) is 5. The molecule has 6 nitrogen and oxygen atoms in total. The summed E-state index contributed by atoms with van der Waals surface area (Å²) in [6.45, 7) is 7.43. The summed E-state index contributed by atoms with van der Waals surface area (Å²) in [6.07, 6.45) is 6.60. The molecule has 0 unspecified atom stereocenters. The lowest BCUT2D eigenvalue weighted by molar-refractivity contribution is -0.112. The van der Waals surface area contributed by atoms with Gasteiger partial charge in [0.15, 0.2) is 5.78 Å². The molecule has 0 aliphatic carbocycles. The van der Waals surface area contributed by atoms with Crippen molar-refractivity contribution in [3.63, 3.8) is 0 Å². The number of ketones is 1. The number of hydrogen-bond donors (Lipinski definition) is 2. The molecule has 1 aromatic carbocycles. The number of aliphatic hydroxyl groups is 1. The van der Waals surface area contributed by atoms with E-state index < -0.39 is 11.7 Å². The number of allylic oxidation sites excluding steroid dienone is 1. The maximum absolute atomic E-state index is 12.9. The van der Waals surface area contributed by atoms with Gasteiger partial charge in [0, 0.05) is 11.9 Å². The lowest BCUT2D eigenvalue weighted by atomic mass is 10.1. The smallest absolute Gasteiger partial charge is 0.419 e. The molecule has 2 rings (SSSR count). The highest BCUT2D eigenvalue weighted by Gasteiger charge is 2.24. The second kappa shape index (κ2) is 9.37. The van der Waals surface area contributed by atoms with Gasteiger partial charge in [-0.25, -0.2) is 9.36 Å². The van der Waals surface area contributed by atoms with Crippen molar-refractivity contribution in [3.05, 3.63) is 53.9 Å². The molecule has 0 saturated carbocycles. The molecule has 0 bridgehead atoms. The van der Waals surface area contributed by atoms with Crippen LogP contribution >= 0.6 is 0 Å². The van der Waals surface area contributed by atoms with Gasteiger partial charge in [-0.2, -0.15) is 0 Å². The van der Waals surface area contributed by atoms with Gasteiger partial charge in [0.1, 0.15) is 5.60 Å². The van der Waals surface area contributed by atoms with Crippen LogP contribution in [-0.2, 0) is 16.0 Å². The minimum absolute atomic E-state index is 0.0272. The van der Waals surface area contributed by atoms with E-state index in [4.69, 9.17) is 4.74 Å². The molecule has 0 fully saturated rings. The Morgan fingerprint density at radius 3 is 2.61 bits per heavy atom. The fraction of sp³-hybridized carbons (Fsp3) is 0.364. The molecule has 2 N–H and O–H groups in total. The Hall–Kier alpha value is -2.86. The van der Waals surface area contributed by atoms with Crippen molar-refractivity contribution in [1.82, 2.24) is 9.88 Å². The molecular weight excluding hydrogens is 356 g/mol. The second-order valence-electron chi connectivity index (χ2n) is 7.43. The number of para-hydroxylation sites is 1. The average Bonchev–Trinajstić information content (AvgIpc) is 2.91. The van der Waals surface area contributed by atoms with Crippen LogP contribution in [0.5, 0.6) is 0 Å². The van der Waals surface area contributed by atoms with Gasteiger partial charge in [0.25, 0.3) is 0 Å². The quantitative estimate of drug-likeness (QED) is 0.562. The Bertz CT molecular complexity index is 901. The summed E-state index contributed by atoms with van der Waals surface area (Å²) in [5.74, 6) is -0.0272. The summed E-state index contributed by atoms with van der Waals surface area (Å²) in [5.41, 5.74) is 1.78. The molecule has 0 atom stereocenters. The third-order valence-electron chi connectivity index (χ3n) is 3.93. The standard InChI is InChI=1S/C22H28N2O4/c1-16(26)11-13-23-14-12-18-17-8-5-6-9-19(17)24(20(18)10-7-15-25)21(27)28-22(2,3)4/h5-11,13,23,25H,12,14-15H2,1-4H3/b10-7+,13-11-. The fourth-order valence-corrected chi connectivity index (χ4v) is 2.89. The summed E-state index contributed by atoms with van der Waals surface area (Å²) in [4.78, 5) is 23.9. The Balaban J connectivity index is 2.48. The summed E-state index contributed by atoms with van der Waals surface area (Å²) in [7, 11) is 0. The maximum Gasteiger partial charge on any atom is 0.419 e. The van der Waals surface area contributed by atoms with Crippen molar-refractivity contribution in [1.29, 1.82) is 0 Å². The van der Waals surface area contributed by atoms with E-state index in [0.29, 0.717) is 18.7 Å². The minimum atomic E-state index is -0.625. The number of ether oxygens (including phenoxy) is 1. The highest BCUT2D eigenvalue weighted by Crippen LogP contribution is 2.29. The first-order chi connectivity index (χ1) is 13.2. The zero-order valence-electron chi connectivity index (χ0n) is 16.9. The van der Waals surface area contributed by atoms with Crippen molar-refractivity contribution in [2.24, 2.45) is 0 Å². The first-order valence-corrected chi connectivity index (χ1v) is 9.28. The first kappa shape index (κ1) is 21.4. The minimum Gasteiger partial charge on any atom is -0.443 e. The van der Waals surface area contributed by atoms with Crippen LogP contribution in [0.4, 0.5) is 4.79 Å². The molecule has 0 spiro atoms. The van der Waals surface area contributed by atoms with E-state index in [1.165, 1.54) is 13.0 Å². The molecule has 0 aliphatic heterocycles. The predicted octanol–water partition coefficient (Wildman–Crippen LogP) is 3.66. The molecule has 0 radical (unpaired) electrons. The van der Waals surface area contributed by atoms with Gasteiger partial charge in [-0.1, -0.05) is 24.3 Å². The monoisotopic (exact) mass is 384 g/mol. The van der Waals surface area contributed by atoms with E-state index in [0.717, 1.165) is 16.5 Å². The largest absolute Gasteiger partial charge is 0.443 e. The Kier molecular flexibility index (Phi) is 7.18. The summed E-state index contributed by atoms with van der Waals surface area (Å²) in [6, 6.07) is 7.64. The van der Waals surface area contributed by atoms with Crippen molar-refractivity contribution in [3.8, 4) is 0 Å². The van der Waals surface area contributed by atoms with Crippen LogP contribution in [0.3, 0.4) is 0 Å². The van der Waals surface area contributed by atoms with Crippen LogP contribution in [0, 0.1) is 0 Å². The number of carbonyl (C=O) groups is 2. The topological polar surface area (TPSA) is 80.6 Å². The molecule has 28 heavy (non-hydrogen) atoms. The van der Waals surface area contributed by atoms with Crippen LogP contribution in [0.2, 0.25) is 0 Å². The van der Waals surface area contributed by atoms with Gasteiger partial charge in [-0.3, -0.25) is 4.79 Å². The van der Waals surface area contributed by atoms with E-state index in [2.05, 4.69) is 5.32 Å². The number of nitrogens with one attached hydrogen (secondary N) is 1. The summed E-state index contributed by atoms with van der Waals surface area (Å²) in [5, 5.41) is 13.3. The number of carbonyl (C=O) groups excluding carboxylic acids is 2. The third kappa shape index (κ3) is 5.57. The number of benzene rings is 1. The molecular formula is C22H28N2O4. The normalized spacial score (nSPS) is 12.2. The van der Waals surface area contributed by atoms with Crippen LogP contribution < -0.4 is 5.32 Å². The lowest BCUT2D eigenvalue weighted by Crippen LogP contribution is -2.27. The molecule has 0 amide bonds. The van der Waals surface area contributed by atoms with Crippen molar-refractivity contribution in [2.45, 2.75) is 39.7 Å². The first-order valence-electron chi connectivity index (χ1n) is 9.28. The zero-order valence-corrected chi connectivity index (χ0v) is 16.9. The van der Waals surface area contributed by atoms with Gasteiger partial charge in [0.2, 0.25) is 0 Å². The lowest BCUT2D eigenvalue weighted by Gasteiger charge is -2.20. The van der Waals surface area contributed by atoms with Crippen molar-refractivity contribution < 1.29 is 19.4 Å². The molecule has 1 aromatic heterocycles. The third-order valence-corrected chi connectivity index (χ3v) is 3.93. The van der Waals surface area contributed by atoms with Gasteiger partial charge in [-0.05, 0) is 64.1 Å². The predicted molar refractivity (Wildman–Crippen MR) is 111 cm³/mol. The molecule has 6 heteroatoms. The van der Waals surface area contributed by atoms with Crippen LogP contribution in [-0.4, -0.2) is 40.3 Å². The summed E-state index contributed by atoms with van der Waals surface area (Å²) >= 11 is 0. The Morgan fingerprint density at radius 1 is 1.25 bits per heavy atom. The number of fused-ring (bicyclic) bond motifs is 1.